The fourth-order valence-electron chi connectivity index (χ4n) is 4.11. The van der Waals surface area contributed by atoms with E-state index < -0.39 is 10.0 Å². The zero-order valence-electron chi connectivity index (χ0n) is 16.2. The summed E-state index contributed by atoms with van der Waals surface area (Å²) in [5.41, 5.74) is 0.620. The second kappa shape index (κ2) is 7.93. The molecule has 2 fully saturated rings. The fraction of sp³-hybridized carbons (Fsp3) is 0.600. The molecular formula is C20H27N3O4S. The van der Waals surface area contributed by atoms with Gasteiger partial charge in [0, 0.05) is 25.6 Å². The number of hydrogen-bond acceptors (Lipinski definition) is 6. The molecule has 2 aromatic rings. The third-order valence-corrected chi connectivity index (χ3v) is 7.70. The summed E-state index contributed by atoms with van der Waals surface area (Å²) in [6.45, 7) is 1.29. The monoisotopic (exact) mass is 405 g/mol. The maximum atomic E-state index is 12.9. The zero-order valence-corrected chi connectivity index (χ0v) is 17.0. The van der Waals surface area contributed by atoms with Crippen LogP contribution in [0, 0.1) is 5.92 Å². The number of ether oxygens (including phenoxy) is 1. The maximum Gasteiger partial charge on any atom is 0.252 e. The van der Waals surface area contributed by atoms with Gasteiger partial charge in [-0.2, -0.15) is 4.98 Å². The third kappa shape index (κ3) is 4.29. The van der Waals surface area contributed by atoms with Crippen LogP contribution in [0.4, 0.5) is 0 Å². The molecule has 0 N–H and O–H groups in total. The molecule has 2 heterocycles. The first-order chi connectivity index (χ1) is 13.5. The number of methoxy groups -OCH3 is 1. The first-order valence-electron chi connectivity index (χ1n) is 9.84. The molecule has 0 bridgehead atoms. The van der Waals surface area contributed by atoms with E-state index in [1.54, 1.807) is 11.4 Å². The lowest BCUT2D eigenvalue weighted by molar-refractivity contribution is 0.151. The van der Waals surface area contributed by atoms with Crippen molar-refractivity contribution >= 4 is 10.0 Å². The van der Waals surface area contributed by atoms with E-state index in [4.69, 9.17) is 9.26 Å². The summed E-state index contributed by atoms with van der Waals surface area (Å²) in [6, 6.07) is 9.35. The van der Waals surface area contributed by atoms with Gasteiger partial charge in [-0.05, 0) is 30.7 Å². The van der Waals surface area contributed by atoms with E-state index >= 15 is 0 Å². The molecule has 28 heavy (non-hydrogen) atoms. The summed E-state index contributed by atoms with van der Waals surface area (Å²) in [5, 5.41) is 4.23. The summed E-state index contributed by atoms with van der Waals surface area (Å²) >= 11 is 0. The number of rotatable bonds is 8. The van der Waals surface area contributed by atoms with Gasteiger partial charge in [0.1, 0.15) is 6.61 Å². The van der Waals surface area contributed by atoms with Gasteiger partial charge in [-0.3, -0.25) is 0 Å². The van der Waals surface area contributed by atoms with Crippen LogP contribution in [0.2, 0.25) is 0 Å². The Morgan fingerprint density at radius 3 is 2.57 bits per heavy atom. The Morgan fingerprint density at radius 2 is 1.93 bits per heavy atom. The Hall–Kier alpha value is -1.77. The van der Waals surface area contributed by atoms with Crippen molar-refractivity contribution in [2.24, 2.45) is 5.92 Å². The minimum Gasteiger partial charge on any atom is -0.375 e. The molecule has 0 atom stereocenters. The Balaban J connectivity index is 1.48. The van der Waals surface area contributed by atoms with Crippen molar-refractivity contribution < 1.29 is 17.7 Å². The SMILES string of the molecule is COCc1nc(C2(CC3CC3)CCN(S(=O)(=O)Cc3ccccc3)CC2)no1. The Labute approximate surface area is 166 Å². The van der Waals surface area contributed by atoms with Gasteiger partial charge in [0.05, 0.1) is 5.75 Å². The highest BCUT2D eigenvalue weighted by atomic mass is 32.2. The highest BCUT2D eigenvalue weighted by molar-refractivity contribution is 7.88. The molecule has 1 aromatic heterocycles. The second-order valence-electron chi connectivity index (χ2n) is 8.01. The molecule has 0 spiro atoms. The lowest BCUT2D eigenvalue weighted by atomic mass is 9.74. The topological polar surface area (TPSA) is 85.5 Å². The summed E-state index contributed by atoms with van der Waals surface area (Å²) in [6.07, 6.45) is 4.93. The summed E-state index contributed by atoms with van der Waals surface area (Å²) in [5.74, 6) is 1.93. The highest BCUT2D eigenvalue weighted by Crippen LogP contribution is 2.46. The van der Waals surface area contributed by atoms with Crippen LogP contribution in [0.15, 0.2) is 34.9 Å². The van der Waals surface area contributed by atoms with E-state index in [9.17, 15) is 8.42 Å². The molecule has 1 saturated heterocycles. The van der Waals surface area contributed by atoms with Crippen molar-refractivity contribution in [2.45, 2.75) is 49.9 Å². The number of aromatic nitrogens is 2. The second-order valence-corrected chi connectivity index (χ2v) is 9.98. The van der Waals surface area contributed by atoms with E-state index in [1.807, 2.05) is 30.3 Å². The summed E-state index contributed by atoms with van der Waals surface area (Å²) < 4.78 is 37.8. The number of piperidine rings is 1. The van der Waals surface area contributed by atoms with Crippen molar-refractivity contribution in [1.82, 2.24) is 14.4 Å². The number of hydrogen-bond donors (Lipinski definition) is 0. The van der Waals surface area contributed by atoms with E-state index in [1.165, 1.54) is 12.8 Å². The van der Waals surface area contributed by atoms with Crippen LogP contribution >= 0.6 is 0 Å². The third-order valence-electron chi connectivity index (χ3n) is 5.85. The van der Waals surface area contributed by atoms with Crippen molar-refractivity contribution in [2.75, 3.05) is 20.2 Å². The fourth-order valence-corrected chi connectivity index (χ4v) is 5.65. The zero-order chi connectivity index (χ0) is 19.6. The van der Waals surface area contributed by atoms with E-state index in [0.717, 1.165) is 24.8 Å². The molecule has 7 nitrogen and oxygen atoms in total. The van der Waals surface area contributed by atoms with Gasteiger partial charge in [-0.1, -0.05) is 48.3 Å². The van der Waals surface area contributed by atoms with Crippen LogP contribution in [0.25, 0.3) is 0 Å². The molecule has 1 saturated carbocycles. The van der Waals surface area contributed by atoms with Gasteiger partial charge in [-0.15, -0.1) is 0 Å². The molecule has 4 rings (SSSR count). The minimum absolute atomic E-state index is 0.0453. The first-order valence-corrected chi connectivity index (χ1v) is 11.5. The van der Waals surface area contributed by atoms with Gasteiger partial charge < -0.3 is 9.26 Å². The number of nitrogens with zero attached hydrogens (tertiary/aromatic N) is 3. The quantitative estimate of drug-likeness (QED) is 0.671. The molecule has 8 heteroatoms. The maximum absolute atomic E-state index is 12.9. The van der Waals surface area contributed by atoms with Gasteiger partial charge in [-0.25, -0.2) is 12.7 Å². The predicted octanol–water partition coefficient (Wildman–Crippen LogP) is 2.88. The van der Waals surface area contributed by atoms with Crippen molar-refractivity contribution in [3.05, 3.63) is 47.6 Å². The van der Waals surface area contributed by atoms with Crippen molar-refractivity contribution in [3.63, 3.8) is 0 Å². The van der Waals surface area contributed by atoms with Gasteiger partial charge in [0.15, 0.2) is 5.82 Å². The highest BCUT2D eigenvalue weighted by Gasteiger charge is 2.45. The van der Waals surface area contributed by atoms with E-state index in [2.05, 4.69) is 10.1 Å². The average Bonchev–Trinajstić information content (AvgIpc) is 3.36. The molecule has 2 aliphatic rings. The molecule has 1 aliphatic carbocycles. The van der Waals surface area contributed by atoms with Crippen LogP contribution in [-0.2, 0) is 32.5 Å². The van der Waals surface area contributed by atoms with E-state index in [0.29, 0.717) is 37.3 Å². The van der Waals surface area contributed by atoms with Gasteiger partial charge in [0.25, 0.3) is 5.89 Å². The molecule has 1 aromatic carbocycles. The molecule has 152 valence electrons. The van der Waals surface area contributed by atoms with Gasteiger partial charge >= 0.3 is 0 Å². The molecule has 0 radical (unpaired) electrons. The largest absolute Gasteiger partial charge is 0.375 e. The average molecular weight is 406 g/mol. The van der Waals surface area contributed by atoms with Crippen LogP contribution < -0.4 is 0 Å². The Bertz CT molecular complexity index is 885. The normalized spacial score (nSPS) is 20.3. The lowest BCUT2D eigenvalue weighted by Crippen LogP contribution is -2.46. The summed E-state index contributed by atoms with van der Waals surface area (Å²) in [7, 11) is -1.74. The molecular weight excluding hydrogens is 378 g/mol. The summed E-state index contributed by atoms with van der Waals surface area (Å²) in [4.78, 5) is 4.56. The smallest absolute Gasteiger partial charge is 0.252 e. The predicted molar refractivity (Wildman–Crippen MR) is 104 cm³/mol. The Morgan fingerprint density at radius 1 is 1.21 bits per heavy atom. The molecule has 1 aliphatic heterocycles. The van der Waals surface area contributed by atoms with E-state index in [-0.39, 0.29) is 11.2 Å². The molecule has 0 amide bonds. The number of sulfonamides is 1. The van der Waals surface area contributed by atoms with Gasteiger partial charge in [0.2, 0.25) is 10.0 Å². The standard InChI is InChI=1S/C20H27N3O4S/c1-26-14-18-21-19(22-27-18)20(13-16-7-8-16)9-11-23(12-10-20)28(24,25)15-17-5-3-2-4-6-17/h2-6,16H,7-15H2,1H3. The molecule has 0 unspecified atom stereocenters. The van der Waals surface area contributed by atoms with Crippen LogP contribution in [-0.4, -0.2) is 43.1 Å². The van der Waals surface area contributed by atoms with Crippen LogP contribution in [0.5, 0.6) is 0 Å². The van der Waals surface area contributed by atoms with Crippen molar-refractivity contribution in [3.8, 4) is 0 Å². The lowest BCUT2D eigenvalue weighted by Gasteiger charge is -2.39. The minimum atomic E-state index is -3.34. The van der Waals surface area contributed by atoms with Crippen molar-refractivity contribution in [1.29, 1.82) is 0 Å². The van der Waals surface area contributed by atoms with Crippen LogP contribution in [0.3, 0.4) is 0 Å². The van der Waals surface area contributed by atoms with Crippen LogP contribution in [0.1, 0.15) is 49.4 Å². The first kappa shape index (κ1) is 19.5. The Kier molecular flexibility index (Phi) is 5.53. The number of benzene rings is 1.